The van der Waals surface area contributed by atoms with Gasteiger partial charge >= 0.3 is 0 Å². The van der Waals surface area contributed by atoms with Crippen LogP contribution in [0.4, 0.5) is 11.4 Å². The van der Waals surface area contributed by atoms with Gasteiger partial charge in [0, 0.05) is 60.5 Å². The van der Waals surface area contributed by atoms with Gasteiger partial charge in [-0.05, 0) is 115 Å². The van der Waals surface area contributed by atoms with Crippen molar-refractivity contribution < 1.29 is 4.42 Å². The maximum Gasteiger partial charge on any atom is 0.198 e. The Bertz CT molecular complexity index is 3610. The molecule has 0 spiro atoms. The van der Waals surface area contributed by atoms with E-state index < -0.39 is 0 Å². The van der Waals surface area contributed by atoms with Crippen LogP contribution >= 0.6 is 0 Å². The Kier molecular flexibility index (Phi) is 6.94. The first-order valence-electron chi connectivity index (χ1n) is 22.2. The highest BCUT2D eigenvalue weighted by Gasteiger charge is 2.39. The van der Waals surface area contributed by atoms with Crippen molar-refractivity contribution in [2.75, 3.05) is 5.32 Å². The highest BCUT2D eigenvalue weighted by atomic mass is 16.3. The fourth-order valence-corrected chi connectivity index (χ4v) is 11.8. The maximum atomic E-state index is 6.55. The molecule has 2 aromatic heterocycles. The Morgan fingerprint density at radius 3 is 1.92 bits per heavy atom. The lowest BCUT2D eigenvalue weighted by molar-refractivity contribution is 0.590. The minimum Gasteiger partial charge on any atom is -0.456 e. The summed E-state index contributed by atoms with van der Waals surface area (Å²) in [4.78, 5) is 0. The Morgan fingerprint density at radius 2 is 1.19 bits per heavy atom. The summed E-state index contributed by atoms with van der Waals surface area (Å²) in [6, 6.07) is 54.9. The molecule has 3 nitrogen and oxygen atoms in total. The van der Waals surface area contributed by atoms with E-state index in [9.17, 15) is 0 Å². The summed E-state index contributed by atoms with van der Waals surface area (Å²) in [5, 5.41) is 8.87. The summed E-state index contributed by atoms with van der Waals surface area (Å²) in [7, 11) is 0.822. The summed E-state index contributed by atoms with van der Waals surface area (Å²) >= 11 is 0. The Balaban J connectivity index is 1.12. The topological polar surface area (TPSA) is 30.1 Å². The van der Waals surface area contributed by atoms with Crippen molar-refractivity contribution in [3.8, 4) is 39.1 Å². The second-order valence-electron chi connectivity index (χ2n) is 20.2. The van der Waals surface area contributed by atoms with Crippen LogP contribution in [-0.4, -0.2) is 11.8 Å². The Morgan fingerprint density at radius 1 is 0.532 bits per heavy atom. The summed E-state index contributed by atoms with van der Waals surface area (Å²) < 4.78 is 9.16. The highest BCUT2D eigenvalue weighted by Crippen LogP contribution is 2.53. The van der Waals surface area contributed by atoms with E-state index in [1.165, 1.54) is 105 Å². The van der Waals surface area contributed by atoms with Crippen molar-refractivity contribution in [1.29, 1.82) is 0 Å². The Hall–Kier alpha value is -6.78. The quantitative estimate of drug-likeness (QED) is 0.180. The van der Waals surface area contributed by atoms with Gasteiger partial charge in [-0.3, -0.25) is 0 Å². The second kappa shape index (κ2) is 12.0. The lowest BCUT2D eigenvalue weighted by Crippen LogP contribution is -2.37. The first kappa shape index (κ1) is 35.9. The molecule has 3 aliphatic rings. The average Bonchev–Trinajstić information content (AvgIpc) is 3.94. The molecule has 1 N–H and O–H groups in total. The van der Waals surface area contributed by atoms with Crippen molar-refractivity contribution in [3.05, 3.63) is 173 Å². The smallest absolute Gasteiger partial charge is 0.198 e. The fraction of sp³-hybridized carbons (Fsp3) is 0.172. The molecule has 2 aliphatic carbocycles. The van der Waals surface area contributed by atoms with E-state index >= 15 is 0 Å². The third-order valence-electron chi connectivity index (χ3n) is 15.0. The summed E-state index contributed by atoms with van der Waals surface area (Å²) in [5.74, 6) is 0. The third-order valence-corrected chi connectivity index (χ3v) is 15.0. The van der Waals surface area contributed by atoms with Gasteiger partial charge in [-0.25, -0.2) is 0 Å². The lowest BCUT2D eigenvalue weighted by Gasteiger charge is -2.27. The number of furan rings is 1. The number of aromatic nitrogens is 1. The molecule has 0 unspecified atom stereocenters. The minimum atomic E-state index is -0.135. The minimum absolute atomic E-state index is 0.0756. The molecule has 4 heteroatoms. The molecule has 62 heavy (non-hydrogen) atoms. The standard InChI is InChI=1S/C58H47BN2O/c1-56(2,3)32-20-22-33(23-21-32)60-47-30-44-39(34-14-8-11-17-42(34)57(44,4)5)28-41(47)36-24-25-38-52-48(26-27-51-53(52)37-16-10-13-19-50(37)62-51)61-49-31-45-40(29-46(49)59-54(36)55(38)61)35-15-9-12-18-43(35)58(45,6)7/h8-31,59-60H,1-7H3. The van der Waals surface area contributed by atoms with E-state index in [1.54, 1.807) is 0 Å². The van der Waals surface area contributed by atoms with E-state index in [0.717, 1.165) is 35.2 Å². The van der Waals surface area contributed by atoms with Gasteiger partial charge in [-0.1, -0.05) is 151 Å². The molecule has 1 aliphatic heterocycles. The molecule has 10 aromatic rings. The van der Waals surface area contributed by atoms with E-state index in [2.05, 4.69) is 204 Å². The highest BCUT2D eigenvalue weighted by molar-refractivity contribution is 6.73. The molecule has 0 bridgehead atoms. The molecule has 0 radical (unpaired) electrons. The zero-order chi connectivity index (χ0) is 42.0. The van der Waals surface area contributed by atoms with Crippen LogP contribution in [0, 0.1) is 0 Å². The van der Waals surface area contributed by atoms with E-state index in [1.807, 2.05) is 0 Å². The SMILES string of the molecule is CC(C)(C)c1ccc(Nc2cc3c(cc2-c2ccc4c5c6c(ccc5n5c4c2Bc2cc4c(cc2-5)C(C)(C)c2ccccc2-4)oc2ccccc26)-c2ccccc2C3(C)C)cc1. The number of fused-ring (bicyclic) bond motifs is 15. The van der Waals surface area contributed by atoms with Gasteiger partial charge in [-0.2, -0.15) is 0 Å². The number of anilines is 2. The van der Waals surface area contributed by atoms with Gasteiger partial charge in [0.15, 0.2) is 7.28 Å². The summed E-state index contributed by atoms with van der Waals surface area (Å²) in [5.41, 5.74) is 25.1. The largest absolute Gasteiger partial charge is 0.456 e. The van der Waals surface area contributed by atoms with E-state index in [4.69, 9.17) is 4.42 Å². The van der Waals surface area contributed by atoms with Crippen LogP contribution in [0.25, 0.3) is 82.8 Å². The van der Waals surface area contributed by atoms with Crippen LogP contribution in [0.15, 0.2) is 150 Å². The molecular formula is C58H47BN2O. The molecule has 8 aromatic carbocycles. The molecule has 0 fully saturated rings. The molecule has 298 valence electrons. The number of nitrogens with one attached hydrogen (secondary N) is 1. The molecular weight excluding hydrogens is 751 g/mol. The number of hydrogen-bond acceptors (Lipinski definition) is 2. The van der Waals surface area contributed by atoms with Gasteiger partial charge in [0.1, 0.15) is 11.2 Å². The molecule has 0 saturated heterocycles. The van der Waals surface area contributed by atoms with Crippen molar-refractivity contribution in [2.45, 2.75) is 64.7 Å². The number of nitrogens with zero attached hydrogens (tertiary/aromatic N) is 1. The van der Waals surface area contributed by atoms with Gasteiger partial charge in [0.05, 0.1) is 5.52 Å². The van der Waals surface area contributed by atoms with Crippen LogP contribution in [0.1, 0.15) is 76.3 Å². The molecule has 0 amide bonds. The predicted molar refractivity (Wildman–Crippen MR) is 263 cm³/mol. The molecule has 13 rings (SSSR count). The van der Waals surface area contributed by atoms with Crippen molar-refractivity contribution in [1.82, 2.24) is 4.57 Å². The van der Waals surface area contributed by atoms with Gasteiger partial charge in [0.2, 0.25) is 0 Å². The second-order valence-corrected chi connectivity index (χ2v) is 20.2. The lowest BCUT2D eigenvalue weighted by atomic mass is 9.58. The third kappa shape index (κ3) is 4.67. The van der Waals surface area contributed by atoms with Crippen LogP contribution in [0.2, 0.25) is 0 Å². The number of rotatable bonds is 3. The van der Waals surface area contributed by atoms with Crippen LogP contribution in [-0.2, 0) is 16.2 Å². The van der Waals surface area contributed by atoms with Gasteiger partial charge in [0.25, 0.3) is 0 Å². The van der Waals surface area contributed by atoms with Crippen molar-refractivity contribution >= 4 is 73.3 Å². The normalized spacial score (nSPS) is 15.1. The van der Waals surface area contributed by atoms with Gasteiger partial charge < -0.3 is 14.3 Å². The van der Waals surface area contributed by atoms with E-state index in [-0.39, 0.29) is 16.2 Å². The first-order chi connectivity index (χ1) is 29.9. The number of hydrogen-bond donors (Lipinski definition) is 1. The molecule has 0 atom stereocenters. The monoisotopic (exact) mass is 798 g/mol. The fourth-order valence-electron chi connectivity index (χ4n) is 11.8. The summed E-state index contributed by atoms with van der Waals surface area (Å²) in [6.45, 7) is 16.4. The maximum absolute atomic E-state index is 6.55. The number of benzene rings is 8. The molecule has 0 saturated carbocycles. The summed E-state index contributed by atoms with van der Waals surface area (Å²) in [6.07, 6.45) is 0. The zero-order valence-corrected chi connectivity index (χ0v) is 36.4. The zero-order valence-electron chi connectivity index (χ0n) is 36.4. The van der Waals surface area contributed by atoms with E-state index in [0.29, 0.717) is 0 Å². The number of para-hydroxylation sites is 1. The molecule has 3 heterocycles. The van der Waals surface area contributed by atoms with Crippen molar-refractivity contribution in [3.63, 3.8) is 0 Å². The average molecular weight is 799 g/mol. The van der Waals surface area contributed by atoms with Crippen LogP contribution < -0.4 is 16.2 Å². The Labute approximate surface area is 363 Å². The van der Waals surface area contributed by atoms with Crippen molar-refractivity contribution in [2.24, 2.45) is 0 Å². The van der Waals surface area contributed by atoms with Crippen LogP contribution in [0.3, 0.4) is 0 Å². The first-order valence-corrected chi connectivity index (χ1v) is 22.2. The predicted octanol–water partition coefficient (Wildman–Crippen LogP) is 13.7. The van der Waals surface area contributed by atoms with Gasteiger partial charge in [-0.15, -0.1) is 0 Å². The van der Waals surface area contributed by atoms with Crippen LogP contribution in [0.5, 0.6) is 0 Å².